The Hall–Kier alpha value is -1.10. The summed E-state index contributed by atoms with van der Waals surface area (Å²) in [6.45, 7) is 1.16. The Morgan fingerprint density at radius 1 is 1.35 bits per heavy atom. The molecule has 4 heteroatoms. The number of benzene rings is 1. The first-order valence-electron chi connectivity index (χ1n) is 6.03. The predicted octanol–water partition coefficient (Wildman–Crippen LogP) is 1.63. The van der Waals surface area contributed by atoms with Crippen LogP contribution in [0.25, 0.3) is 0 Å². The zero-order valence-corrected chi connectivity index (χ0v) is 10.2. The van der Waals surface area contributed by atoms with E-state index in [0.29, 0.717) is 19.1 Å². The van der Waals surface area contributed by atoms with E-state index < -0.39 is 0 Å². The van der Waals surface area contributed by atoms with E-state index in [1.807, 2.05) is 18.2 Å². The molecular weight excluding hydrogens is 216 g/mol. The lowest BCUT2D eigenvalue weighted by molar-refractivity contribution is 0.145. The first-order chi connectivity index (χ1) is 8.36. The highest BCUT2D eigenvalue weighted by molar-refractivity contribution is 5.36. The van der Waals surface area contributed by atoms with Crippen LogP contribution in [-0.4, -0.2) is 20.3 Å². The average Bonchev–Trinajstić information content (AvgIpc) is 3.17. The molecule has 0 spiro atoms. The fourth-order valence-electron chi connectivity index (χ4n) is 2.01. The van der Waals surface area contributed by atoms with Gasteiger partial charge in [-0.3, -0.25) is 11.3 Å². The number of ether oxygens (including phenoxy) is 2. The van der Waals surface area contributed by atoms with Crippen LogP contribution in [0, 0.1) is 5.92 Å². The number of rotatable bonds is 7. The number of nitrogens with two attached hydrogens (primary N) is 1. The van der Waals surface area contributed by atoms with Crippen LogP contribution in [0.5, 0.6) is 5.75 Å². The van der Waals surface area contributed by atoms with Gasteiger partial charge >= 0.3 is 0 Å². The molecule has 3 N–H and O–H groups in total. The van der Waals surface area contributed by atoms with Crippen LogP contribution in [0.2, 0.25) is 0 Å². The van der Waals surface area contributed by atoms with E-state index in [0.717, 1.165) is 11.3 Å². The smallest absolute Gasteiger partial charge is 0.124 e. The Balaban J connectivity index is 2.08. The van der Waals surface area contributed by atoms with E-state index >= 15 is 0 Å². The Kier molecular flexibility index (Phi) is 4.36. The molecule has 1 aliphatic carbocycles. The molecule has 0 aliphatic heterocycles. The summed E-state index contributed by atoms with van der Waals surface area (Å²) >= 11 is 0. The average molecular weight is 236 g/mol. The van der Waals surface area contributed by atoms with Gasteiger partial charge in [-0.05, 0) is 24.8 Å². The molecule has 1 aliphatic rings. The Morgan fingerprint density at radius 3 is 2.76 bits per heavy atom. The largest absolute Gasteiger partial charge is 0.491 e. The van der Waals surface area contributed by atoms with Crippen LogP contribution in [0.15, 0.2) is 24.3 Å². The molecule has 1 unspecified atom stereocenters. The third-order valence-corrected chi connectivity index (χ3v) is 3.07. The summed E-state index contributed by atoms with van der Waals surface area (Å²) in [5.74, 6) is 7.19. The van der Waals surface area contributed by atoms with Crippen molar-refractivity contribution in [3.05, 3.63) is 29.8 Å². The molecule has 0 heterocycles. The van der Waals surface area contributed by atoms with Gasteiger partial charge < -0.3 is 9.47 Å². The number of hydrogen-bond donors (Lipinski definition) is 2. The second-order valence-corrected chi connectivity index (χ2v) is 4.36. The molecule has 1 aromatic rings. The number of methoxy groups -OCH3 is 1. The van der Waals surface area contributed by atoms with Gasteiger partial charge in [0.15, 0.2) is 0 Å². The molecule has 1 fully saturated rings. The van der Waals surface area contributed by atoms with Gasteiger partial charge in [0.2, 0.25) is 0 Å². The maximum absolute atomic E-state index is 5.72. The second kappa shape index (κ2) is 6.00. The molecule has 17 heavy (non-hydrogen) atoms. The molecular formula is C13H20N2O2. The van der Waals surface area contributed by atoms with Crippen LogP contribution >= 0.6 is 0 Å². The second-order valence-electron chi connectivity index (χ2n) is 4.36. The Morgan fingerprint density at radius 2 is 2.12 bits per heavy atom. The maximum Gasteiger partial charge on any atom is 0.124 e. The normalized spacial score (nSPS) is 16.8. The van der Waals surface area contributed by atoms with Crippen LogP contribution < -0.4 is 16.0 Å². The van der Waals surface area contributed by atoms with Gasteiger partial charge in [-0.25, -0.2) is 0 Å². The van der Waals surface area contributed by atoms with Crippen molar-refractivity contribution < 1.29 is 9.47 Å². The fraction of sp³-hybridized carbons (Fsp3) is 0.538. The van der Waals surface area contributed by atoms with E-state index in [1.54, 1.807) is 7.11 Å². The van der Waals surface area contributed by atoms with E-state index in [1.165, 1.54) is 12.8 Å². The number of nitrogens with one attached hydrogen (secondary N) is 1. The summed E-state index contributed by atoms with van der Waals surface area (Å²) in [5, 5.41) is 0. The lowest BCUT2D eigenvalue weighted by Crippen LogP contribution is -2.29. The van der Waals surface area contributed by atoms with Crippen molar-refractivity contribution in [1.82, 2.24) is 5.43 Å². The molecule has 0 saturated heterocycles. The van der Waals surface area contributed by atoms with E-state index in [-0.39, 0.29) is 6.04 Å². The predicted molar refractivity (Wildman–Crippen MR) is 66.6 cm³/mol. The monoisotopic (exact) mass is 236 g/mol. The van der Waals surface area contributed by atoms with Crippen molar-refractivity contribution in [3.8, 4) is 5.75 Å². The van der Waals surface area contributed by atoms with Gasteiger partial charge in [-0.1, -0.05) is 18.2 Å². The molecule has 1 saturated carbocycles. The summed E-state index contributed by atoms with van der Waals surface area (Å²) < 4.78 is 10.7. The quantitative estimate of drug-likeness (QED) is 0.429. The zero-order valence-electron chi connectivity index (χ0n) is 10.2. The molecule has 0 amide bonds. The van der Waals surface area contributed by atoms with Gasteiger partial charge in [-0.2, -0.15) is 0 Å². The third kappa shape index (κ3) is 3.19. The van der Waals surface area contributed by atoms with Crippen molar-refractivity contribution in [2.45, 2.75) is 18.9 Å². The summed E-state index contributed by atoms with van der Waals surface area (Å²) in [7, 11) is 1.67. The molecule has 1 atom stereocenters. The minimum Gasteiger partial charge on any atom is -0.491 e. The first kappa shape index (κ1) is 12.4. The summed E-state index contributed by atoms with van der Waals surface area (Å²) in [4.78, 5) is 0. The summed E-state index contributed by atoms with van der Waals surface area (Å²) in [6, 6.07) is 8.26. The molecule has 4 nitrogen and oxygen atoms in total. The minimum atomic E-state index is 0.203. The minimum absolute atomic E-state index is 0.203. The van der Waals surface area contributed by atoms with Crippen LogP contribution in [0.1, 0.15) is 24.4 Å². The van der Waals surface area contributed by atoms with Crippen molar-refractivity contribution in [1.29, 1.82) is 0 Å². The highest BCUT2D eigenvalue weighted by Crippen LogP contribution is 2.43. The molecule has 0 radical (unpaired) electrons. The highest BCUT2D eigenvalue weighted by atomic mass is 16.5. The Bertz CT molecular complexity index is 353. The fourth-order valence-corrected chi connectivity index (χ4v) is 2.01. The number of para-hydroxylation sites is 1. The van der Waals surface area contributed by atoms with Crippen LogP contribution in [-0.2, 0) is 4.74 Å². The number of hydrazine groups is 1. The lowest BCUT2D eigenvalue weighted by Gasteiger charge is -2.19. The van der Waals surface area contributed by atoms with Crippen LogP contribution in [0.3, 0.4) is 0 Å². The topological polar surface area (TPSA) is 56.5 Å². The van der Waals surface area contributed by atoms with Gasteiger partial charge in [0, 0.05) is 12.7 Å². The Labute approximate surface area is 102 Å². The highest BCUT2D eigenvalue weighted by Gasteiger charge is 2.33. The van der Waals surface area contributed by atoms with Gasteiger partial charge in [-0.15, -0.1) is 0 Å². The van der Waals surface area contributed by atoms with E-state index in [9.17, 15) is 0 Å². The van der Waals surface area contributed by atoms with E-state index in [4.69, 9.17) is 15.3 Å². The SMILES string of the molecule is COCCOc1ccccc1C(NN)C1CC1. The van der Waals surface area contributed by atoms with Crippen molar-refractivity contribution in [3.63, 3.8) is 0 Å². The van der Waals surface area contributed by atoms with Crippen LogP contribution in [0.4, 0.5) is 0 Å². The standard InChI is InChI=1S/C13H20N2O2/c1-16-8-9-17-12-5-3-2-4-11(12)13(15-14)10-6-7-10/h2-5,10,13,15H,6-9,14H2,1H3. The third-order valence-electron chi connectivity index (χ3n) is 3.07. The summed E-state index contributed by atoms with van der Waals surface area (Å²) in [5.41, 5.74) is 4.05. The molecule has 2 rings (SSSR count). The lowest BCUT2D eigenvalue weighted by atomic mass is 10.0. The maximum atomic E-state index is 5.72. The molecule has 94 valence electrons. The van der Waals surface area contributed by atoms with Crippen molar-refractivity contribution in [2.24, 2.45) is 11.8 Å². The molecule has 0 aromatic heterocycles. The first-order valence-corrected chi connectivity index (χ1v) is 6.03. The number of hydrogen-bond acceptors (Lipinski definition) is 4. The molecule has 0 bridgehead atoms. The van der Waals surface area contributed by atoms with Gasteiger partial charge in [0.05, 0.1) is 12.6 Å². The van der Waals surface area contributed by atoms with E-state index in [2.05, 4.69) is 11.5 Å². The van der Waals surface area contributed by atoms with Crippen molar-refractivity contribution in [2.75, 3.05) is 20.3 Å². The zero-order chi connectivity index (χ0) is 12.1. The molecule has 1 aromatic carbocycles. The summed E-state index contributed by atoms with van der Waals surface area (Å²) in [6.07, 6.45) is 2.47. The van der Waals surface area contributed by atoms with Crippen molar-refractivity contribution >= 4 is 0 Å². The van der Waals surface area contributed by atoms with Gasteiger partial charge in [0.1, 0.15) is 12.4 Å². The van der Waals surface area contributed by atoms with Gasteiger partial charge in [0.25, 0.3) is 0 Å².